The molecule has 1 rings (SSSR count). The number of hydrogen-bond acceptors (Lipinski definition) is 6. The number of Topliss-reactive ketones (excluding diaryl/α,β-unsaturated/α-hetero) is 1. The molecular formula is C14H18O6. The van der Waals surface area contributed by atoms with Crippen LogP contribution in [-0.4, -0.2) is 39.6 Å². The maximum Gasteiger partial charge on any atom is 0.344 e. The van der Waals surface area contributed by atoms with Crippen molar-refractivity contribution < 1.29 is 28.5 Å². The standard InChI is InChI=1S/C14H18O6/c1-10(15)7-11-5-4-6-12(13(11)19-8-17-2)14(16)20-9-18-3/h4-6H,7-9H2,1-3H3. The van der Waals surface area contributed by atoms with Crippen LogP contribution in [0.15, 0.2) is 18.2 Å². The highest BCUT2D eigenvalue weighted by molar-refractivity contribution is 5.93. The molecule has 0 spiro atoms. The molecule has 1 aromatic carbocycles. The van der Waals surface area contributed by atoms with Gasteiger partial charge in [0.15, 0.2) is 13.6 Å². The zero-order valence-electron chi connectivity index (χ0n) is 11.8. The summed E-state index contributed by atoms with van der Waals surface area (Å²) in [5, 5.41) is 0. The van der Waals surface area contributed by atoms with Crippen LogP contribution >= 0.6 is 0 Å². The Morgan fingerprint density at radius 1 is 1.10 bits per heavy atom. The van der Waals surface area contributed by atoms with Gasteiger partial charge in [0.25, 0.3) is 0 Å². The lowest BCUT2D eigenvalue weighted by Crippen LogP contribution is -2.13. The third-order valence-corrected chi connectivity index (χ3v) is 2.38. The maximum absolute atomic E-state index is 11.9. The molecule has 0 saturated carbocycles. The first-order valence-electron chi connectivity index (χ1n) is 5.99. The first kappa shape index (κ1) is 16.1. The summed E-state index contributed by atoms with van der Waals surface area (Å²) >= 11 is 0. The van der Waals surface area contributed by atoms with Crippen molar-refractivity contribution in [3.8, 4) is 5.75 Å². The quantitative estimate of drug-likeness (QED) is 0.532. The zero-order valence-corrected chi connectivity index (χ0v) is 11.8. The molecule has 6 nitrogen and oxygen atoms in total. The average molecular weight is 282 g/mol. The number of ether oxygens (including phenoxy) is 4. The lowest BCUT2D eigenvalue weighted by atomic mass is 10.0. The lowest BCUT2D eigenvalue weighted by molar-refractivity contribution is -0.116. The molecule has 0 amide bonds. The predicted octanol–water partition coefficient (Wildman–Crippen LogP) is 1.56. The van der Waals surface area contributed by atoms with Gasteiger partial charge < -0.3 is 18.9 Å². The van der Waals surface area contributed by atoms with Crippen molar-refractivity contribution in [2.24, 2.45) is 0 Å². The number of benzene rings is 1. The molecule has 0 aliphatic carbocycles. The van der Waals surface area contributed by atoms with E-state index in [0.717, 1.165) is 0 Å². The molecule has 0 atom stereocenters. The van der Waals surface area contributed by atoms with Crippen molar-refractivity contribution in [2.75, 3.05) is 27.8 Å². The van der Waals surface area contributed by atoms with Gasteiger partial charge in [0, 0.05) is 26.2 Å². The van der Waals surface area contributed by atoms with Gasteiger partial charge in [-0.15, -0.1) is 0 Å². The van der Waals surface area contributed by atoms with E-state index in [1.165, 1.54) is 21.1 Å². The number of carbonyl (C=O) groups is 2. The van der Waals surface area contributed by atoms with Crippen molar-refractivity contribution in [3.05, 3.63) is 29.3 Å². The number of esters is 1. The van der Waals surface area contributed by atoms with Gasteiger partial charge in [0.05, 0.1) is 0 Å². The Balaban J connectivity index is 3.07. The van der Waals surface area contributed by atoms with Crippen LogP contribution in [0.2, 0.25) is 0 Å². The fourth-order valence-electron chi connectivity index (χ4n) is 1.63. The molecule has 0 fully saturated rings. The van der Waals surface area contributed by atoms with Crippen molar-refractivity contribution in [3.63, 3.8) is 0 Å². The fourth-order valence-corrected chi connectivity index (χ4v) is 1.63. The number of hydrogen-bond donors (Lipinski definition) is 0. The summed E-state index contributed by atoms with van der Waals surface area (Å²) in [7, 11) is 2.89. The molecule has 0 saturated heterocycles. The van der Waals surface area contributed by atoms with Crippen LogP contribution < -0.4 is 4.74 Å². The third-order valence-electron chi connectivity index (χ3n) is 2.38. The minimum Gasteiger partial charge on any atom is -0.466 e. The molecule has 0 N–H and O–H groups in total. The Hall–Kier alpha value is -1.92. The molecule has 1 aromatic rings. The third kappa shape index (κ3) is 4.64. The lowest BCUT2D eigenvalue weighted by Gasteiger charge is -2.14. The monoisotopic (exact) mass is 282 g/mol. The maximum atomic E-state index is 11.9. The van der Waals surface area contributed by atoms with Crippen LogP contribution in [-0.2, 0) is 25.4 Å². The Morgan fingerprint density at radius 2 is 1.80 bits per heavy atom. The summed E-state index contributed by atoms with van der Waals surface area (Å²) in [6.07, 6.45) is 0.171. The number of methoxy groups -OCH3 is 2. The highest BCUT2D eigenvalue weighted by Gasteiger charge is 2.18. The van der Waals surface area contributed by atoms with Crippen molar-refractivity contribution >= 4 is 11.8 Å². The summed E-state index contributed by atoms with van der Waals surface area (Å²) in [4.78, 5) is 23.2. The molecule has 0 aliphatic heterocycles. The van der Waals surface area contributed by atoms with E-state index in [0.29, 0.717) is 11.3 Å². The second-order valence-corrected chi connectivity index (χ2v) is 4.06. The van der Waals surface area contributed by atoms with E-state index in [9.17, 15) is 9.59 Å². The largest absolute Gasteiger partial charge is 0.466 e. The number of rotatable bonds is 8. The van der Waals surface area contributed by atoms with Crippen LogP contribution in [0.25, 0.3) is 0 Å². The van der Waals surface area contributed by atoms with E-state index in [2.05, 4.69) is 4.74 Å². The molecule has 0 aliphatic rings. The number of carbonyl (C=O) groups excluding carboxylic acids is 2. The van der Waals surface area contributed by atoms with E-state index in [-0.39, 0.29) is 31.4 Å². The van der Waals surface area contributed by atoms with Crippen LogP contribution in [0.1, 0.15) is 22.8 Å². The van der Waals surface area contributed by atoms with E-state index in [4.69, 9.17) is 14.2 Å². The first-order valence-corrected chi connectivity index (χ1v) is 5.99. The zero-order chi connectivity index (χ0) is 15.0. The van der Waals surface area contributed by atoms with Crippen molar-refractivity contribution in [1.29, 1.82) is 0 Å². The van der Waals surface area contributed by atoms with Crippen LogP contribution in [0.3, 0.4) is 0 Å². The van der Waals surface area contributed by atoms with Gasteiger partial charge in [-0.25, -0.2) is 4.79 Å². The Kier molecular flexibility index (Phi) is 6.69. The Labute approximate surface area is 117 Å². The Bertz CT molecular complexity index is 469. The summed E-state index contributed by atoms with van der Waals surface area (Å²) in [6.45, 7) is 1.29. The van der Waals surface area contributed by atoms with Gasteiger partial charge in [0.2, 0.25) is 0 Å². The molecule has 0 aromatic heterocycles. The van der Waals surface area contributed by atoms with Gasteiger partial charge in [-0.3, -0.25) is 4.79 Å². The normalized spacial score (nSPS) is 10.2. The molecule has 0 radical (unpaired) electrons. The average Bonchev–Trinajstić information content (AvgIpc) is 2.42. The van der Waals surface area contributed by atoms with Gasteiger partial charge in [-0.1, -0.05) is 12.1 Å². The molecule has 6 heteroatoms. The van der Waals surface area contributed by atoms with Crippen LogP contribution in [0.4, 0.5) is 0 Å². The summed E-state index contributed by atoms with van der Waals surface area (Å²) in [6, 6.07) is 4.95. The molecule has 0 heterocycles. The topological polar surface area (TPSA) is 71.1 Å². The highest BCUT2D eigenvalue weighted by Crippen LogP contribution is 2.26. The molecular weight excluding hydrogens is 264 g/mol. The predicted molar refractivity (Wildman–Crippen MR) is 70.6 cm³/mol. The molecule has 0 unspecified atom stereocenters. The van der Waals surface area contributed by atoms with Crippen molar-refractivity contribution in [1.82, 2.24) is 0 Å². The van der Waals surface area contributed by atoms with Gasteiger partial charge in [-0.2, -0.15) is 0 Å². The highest BCUT2D eigenvalue weighted by atomic mass is 16.7. The molecule has 110 valence electrons. The van der Waals surface area contributed by atoms with Crippen LogP contribution in [0, 0.1) is 0 Å². The number of ketones is 1. The summed E-state index contributed by atoms with van der Waals surface area (Å²) in [5.41, 5.74) is 0.847. The summed E-state index contributed by atoms with van der Waals surface area (Å²) < 4.78 is 19.8. The van der Waals surface area contributed by atoms with Crippen molar-refractivity contribution in [2.45, 2.75) is 13.3 Å². The van der Waals surface area contributed by atoms with Gasteiger partial charge in [0.1, 0.15) is 17.1 Å². The van der Waals surface area contributed by atoms with E-state index < -0.39 is 5.97 Å². The second kappa shape index (κ2) is 8.29. The fraction of sp³-hybridized carbons (Fsp3) is 0.429. The first-order chi connectivity index (χ1) is 9.60. The SMILES string of the molecule is COCOC(=O)c1cccc(CC(C)=O)c1OCOC. The minimum absolute atomic E-state index is 0.0283. The van der Waals surface area contributed by atoms with Crippen LogP contribution in [0.5, 0.6) is 5.75 Å². The smallest absolute Gasteiger partial charge is 0.344 e. The molecule has 0 bridgehead atoms. The second-order valence-electron chi connectivity index (χ2n) is 4.06. The number of para-hydroxylation sites is 1. The molecule has 20 heavy (non-hydrogen) atoms. The van der Waals surface area contributed by atoms with E-state index in [1.54, 1.807) is 18.2 Å². The van der Waals surface area contributed by atoms with Gasteiger partial charge >= 0.3 is 5.97 Å². The summed E-state index contributed by atoms with van der Waals surface area (Å²) in [5.74, 6) is -0.316. The van der Waals surface area contributed by atoms with E-state index >= 15 is 0 Å². The van der Waals surface area contributed by atoms with Gasteiger partial charge in [-0.05, 0) is 13.0 Å². The Morgan fingerprint density at radius 3 is 2.40 bits per heavy atom. The minimum atomic E-state index is -0.580. The van der Waals surface area contributed by atoms with E-state index in [1.807, 2.05) is 0 Å².